The topological polar surface area (TPSA) is 66.2 Å². The average Bonchev–Trinajstić information content (AvgIpc) is 3.04. The highest BCUT2D eigenvalue weighted by molar-refractivity contribution is 5.74. The second-order valence-corrected chi connectivity index (χ2v) is 7.21. The quantitative estimate of drug-likeness (QED) is 0.620. The van der Waals surface area contributed by atoms with Crippen LogP contribution < -0.4 is 9.64 Å². The molecule has 2 heterocycles. The molecule has 0 aliphatic carbocycles. The summed E-state index contributed by atoms with van der Waals surface area (Å²) < 4.78 is 5.67. The molecule has 0 spiro atoms. The Hall–Kier alpha value is -3.87. The highest BCUT2D eigenvalue weighted by Gasteiger charge is 2.27. The van der Waals surface area contributed by atoms with Crippen molar-refractivity contribution in [1.29, 1.82) is 5.26 Å². The molecule has 0 N–H and O–H groups in total. The van der Waals surface area contributed by atoms with Gasteiger partial charge in [-0.3, -0.25) is 9.88 Å². The molecule has 1 aliphatic heterocycles. The summed E-state index contributed by atoms with van der Waals surface area (Å²) in [7, 11) is 0. The Balaban J connectivity index is 1.71. The predicted octanol–water partition coefficient (Wildman–Crippen LogP) is 4.62. The Labute approximate surface area is 169 Å². The molecule has 4 rings (SSSR count). The number of ether oxygens (including phenoxy) is 1. The van der Waals surface area contributed by atoms with Crippen LogP contribution in [0.15, 0.2) is 54.5 Å². The zero-order valence-corrected chi connectivity index (χ0v) is 16.5. The van der Waals surface area contributed by atoms with Crippen LogP contribution in [0.2, 0.25) is 0 Å². The largest absolute Gasteiger partial charge is 0.429 e. The second-order valence-electron chi connectivity index (χ2n) is 7.21. The van der Waals surface area contributed by atoms with E-state index in [4.69, 9.17) is 4.74 Å². The number of aromatic nitrogens is 1. The van der Waals surface area contributed by atoms with Crippen molar-refractivity contribution in [2.75, 3.05) is 4.90 Å². The third-order valence-corrected chi connectivity index (χ3v) is 5.03. The zero-order valence-electron chi connectivity index (χ0n) is 16.5. The fraction of sp³-hybridized carbons (Fsp3) is 0.167. The van der Waals surface area contributed by atoms with Crippen LogP contribution in [0.3, 0.4) is 0 Å². The van der Waals surface area contributed by atoms with E-state index in [1.807, 2.05) is 74.1 Å². The summed E-state index contributed by atoms with van der Waals surface area (Å²) in [5.41, 5.74) is 7.40. The Bertz CT molecular complexity index is 1190. The second kappa shape index (κ2) is 7.27. The maximum Gasteiger partial charge on any atom is 0.288 e. The lowest BCUT2D eigenvalue weighted by molar-refractivity contribution is 0.436. The van der Waals surface area contributed by atoms with Gasteiger partial charge in [-0.25, -0.2) is 4.79 Å². The Morgan fingerprint density at radius 3 is 2.52 bits per heavy atom. The number of carbonyl (C=O) groups excluding carboxylic acids is 1. The molecule has 1 aromatic heterocycles. The van der Waals surface area contributed by atoms with Gasteiger partial charge in [0.15, 0.2) is 11.7 Å². The molecule has 0 saturated heterocycles. The van der Waals surface area contributed by atoms with Crippen molar-refractivity contribution in [3.63, 3.8) is 0 Å². The summed E-state index contributed by atoms with van der Waals surface area (Å²) in [4.78, 5) is 17.8. The molecule has 0 unspecified atom stereocenters. The van der Waals surface area contributed by atoms with Crippen molar-refractivity contribution in [2.24, 2.45) is 0 Å². The summed E-state index contributed by atoms with van der Waals surface area (Å²) in [5.74, 6) is 2.73. The van der Waals surface area contributed by atoms with E-state index in [0.29, 0.717) is 17.9 Å². The lowest BCUT2D eigenvalue weighted by Gasteiger charge is -2.17. The number of hydrogen-bond acceptors (Lipinski definition) is 5. The third-order valence-electron chi connectivity index (χ3n) is 5.03. The molecule has 0 fully saturated rings. The minimum Gasteiger partial charge on any atom is -0.429 e. The average molecular weight is 381 g/mol. The standard InChI is InChI=1S/C24H19N3O2/c1-15-4-5-21-22(8-15)29-23(14-28)27(21)13-18-6-7-26-20(11-18)24-16(2)9-19(12-25)10-17(24)3/h4-11H,13H2,1-3H3. The van der Waals surface area contributed by atoms with Crippen molar-refractivity contribution in [1.82, 2.24) is 4.98 Å². The number of fused-ring (bicyclic) bond motifs is 1. The fourth-order valence-electron chi connectivity index (χ4n) is 3.75. The van der Waals surface area contributed by atoms with Gasteiger partial charge in [-0.05, 0) is 79.4 Å². The molecule has 1 aliphatic rings. The molecule has 0 bridgehead atoms. The minimum absolute atomic E-state index is 0.162. The van der Waals surface area contributed by atoms with Gasteiger partial charge in [-0.15, -0.1) is 0 Å². The molecule has 0 radical (unpaired) electrons. The first-order chi connectivity index (χ1) is 14.0. The smallest absolute Gasteiger partial charge is 0.288 e. The van der Waals surface area contributed by atoms with Gasteiger partial charge in [-0.1, -0.05) is 6.07 Å². The van der Waals surface area contributed by atoms with Gasteiger partial charge in [0, 0.05) is 11.8 Å². The van der Waals surface area contributed by atoms with Crippen LogP contribution in [0, 0.1) is 32.1 Å². The highest BCUT2D eigenvalue weighted by Crippen LogP contribution is 2.39. The van der Waals surface area contributed by atoms with Gasteiger partial charge in [0.25, 0.3) is 5.88 Å². The number of anilines is 1. The maximum atomic E-state index is 11.4. The summed E-state index contributed by atoms with van der Waals surface area (Å²) in [5, 5.41) is 9.18. The van der Waals surface area contributed by atoms with Crippen LogP contribution in [0.1, 0.15) is 27.8 Å². The maximum absolute atomic E-state index is 11.4. The van der Waals surface area contributed by atoms with Crippen LogP contribution >= 0.6 is 0 Å². The van der Waals surface area contributed by atoms with E-state index in [1.165, 1.54) is 0 Å². The van der Waals surface area contributed by atoms with Crippen LogP contribution in [0.4, 0.5) is 5.69 Å². The van der Waals surface area contributed by atoms with Gasteiger partial charge in [0.1, 0.15) is 0 Å². The molecule has 0 saturated carbocycles. The van der Waals surface area contributed by atoms with Crippen molar-refractivity contribution in [3.05, 3.63) is 82.4 Å². The lowest BCUT2D eigenvalue weighted by atomic mass is 9.96. The van der Waals surface area contributed by atoms with Gasteiger partial charge in [0.05, 0.1) is 29.6 Å². The van der Waals surface area contributed by atoms with Crippen molar-refractivity contribution in [2.45, 2.75) is 27.3 Å². The number of nitrogens with zero attached hydrogens (tertiary/aromatic N) is 3. The molecule has 0 amide bonds. The SMILES string of the molecule is Cc1ccc2c(c1)OC(=C=O)N2Cc1ccnc(-c2c(C)cc(C#N)cc2C)c1. The van der Waals surface area contributed by atoms with E-state index in [9.17, 15) is 10.1 Å². The molecule has 5 heteroatoms. The van der Waals surface area contributed by atoms with E-state index in [1.54, 1.807) is 6.20 Å². The molecule has 5 nitrogen and oxygen atoms in total. The van der Waals surface area contributed by atoms with E-state index in [2.05, 4.69) is 11.1 Å². The first-order valence-corrected chi connectivity index (χ1v) is 9.28. The van der Waals surface area contributed by atoms with Crippen LogP contribution in [0.5, 0.6) is 5.75 Å². The van der Waals surface area contributed by atoms with Crippen LogP contribution in [-0.2, 0) is 11.3 Å². The summed E-state index contributed by atoms with van der Waals surface area (Å²) in [6, 6.07) is 15.7. The van der Waals surface area contributed by atoms with Crippen LogP contribution in [-0.4, -0.2) is 10.9 Å². The normalized spacial score (nSPS) is 12.2. The number of aryl methyl sites for hydroxylation is 3. The predicted molar refractivity (Wildman–Crippen MR) is 111 cm³/mol. The summed E-state index contributed by atoms with van der Waals surface area (Å²) >= 11 is 0. The number of pyridine rings is 1. The first kappa shape index (κ1) is 18.5. The zero-order chi connectivity index (χ0) is 20.5. The van der Waals surface area contributed by atoms with E-state index >= 15 is 0 Å². The van der Waals surface area contributed by atoms with Gasteiger partial charge < -0.3 is 4.74 Å². The molecule has 3 aromatic rings. The molecule has 29 heavy (non-hydrogen) atoms. The Morgan fingerprint density at radius 1 is 1.07 bits per heavy atom. The van der Waals surface area contributed by atoms with Crippen molar-refractivity contribution < 1.29 is 9.53 Å². The summed E-state index contributed by atoms with van der Waals surface area (Å²) in [6.45, 7) is 6.41. The minimum atomic E-state index is 0.162. The van der Waals surface area contributed by atoms with Crippen molar-refractivity contribution >= 4 is 11.6 Å². The molecule has 0 atom stereocenters. The van der Waals surface area contributed by atoms with Crippen molar-refractivity contribution in [3.8, 4) is 23.1 Å². The van der Waals surface area contributed by atoms with E-state index < -0.39 is 0 Å². The first-order valence-electron chi connectivity index (χ1n) is 9.28. The molecule has 142 valence electrons. The monoisotopic (exact) mass is 381 g/mol. The molecular formula is C24H19N3O2. The number of nitriles is 1. The van der Waals surface area contributed by atoms with E-state index in [0.717, 1.165) is 39.2 Å². The van der Waals surface area contributed by atoms with E-state index in [-0.39, 0.29) is 5.88 Å². The van der Waals surface area contributed by atoms with Gasteiger partial charge >= 0.3 is 0 Å². The Morgan fingerprint density at radius 2 is 1.83 bits per heavy atom. The van der Waals surface area contributed by atoms with Gasteiger partial charge in [0.2, 0.25) is 0 Å². The Kier molecular flexibility index (Phi) is 4.64. The lowest BCUT2D eigenvalue weighted by Crippen LogP contribution is -2.20. The number of hydrogen-bond donors (Lipinski definition) is 0. The van der Waals surface area contributed by atoms with Gasteiger partial charge in [-0.2, -0.15) is 5.26 Å². The molecular weight excluding hydrogens is 362 g/mol. The number of rotatable bonds is 3. The highest BCUT2D eigenvalue weighted by atomic mass is 16.5. The summed E-state index contributed by atoms with van der Waals surface area (Å²) in [6.07, 6.45) is 1.76. The fourth-order valence-corrected chi connectivity index (χ4v) is 3.75. The van der Waals surface area contributed by atoms with Crippen LogP contribution in [0.25, 0.3) is 11.3 Å². The number of benzene rings is 2. The molecule has 2 aromatic carbocycles. The third kappa shape index (κ3) is 3.38.